The molecule has 3 heterocycles. The van der Waals surface area contributed by atoms with E-state index < -0.39 is 23.5 Å². The van der Waals surface area contributed by atoms with Crippen molar-refractivity contribution in [3.8, 4) is 11.5 Å². The number of carbonyl (C=O) groups excluding carboxylic acids is 2. The van der Waals surface area contributed by atoms with E-state index >= 15 is 0 Å². The number of likely N-dealkylation sites (tertiary alicyclic amines) is 1. The fraction of sp³-hybridized carbons (Fsp3) is 0.240. The van der Waals surface area contributed by atoms with Gasteiger partial charge in [0.1, 0.15) is 24.8 Å². The molecule has 0 saturated carbocycles. The highest BCUT2D eigenvalue weighted by Crippen LogP contribution is 2.41. The van der Waals surface area contributed by atoms with Gasteiger partial charge in [-0.1, -0.05) is 18.2 Å². The van der Waals surface area contributed by atoms with Crippen molar-refractivity contribution in [2.45, 2.75) is 19.0 Å². The molecule has 1 aromatic heterocycles. The number of carbonyl (C=O) groups is 2. The Hall–Kier alpha value is -4.14. The second-order valence-corrected chi connectivity index (χ2v) is 8.03. The molecule has 2 aromatic carbocycles. The van der Waals surface area contributed by atoms with Crippen molar-refractivity contribution < 1.29 is 28.6 Å². The molecule has 3 aromatic rings. The summed E-state index contributed by atoms with van der Waals surface area (Å²) in [6.07, 6.45) is 5.62. The van der Waals surface area contributed by atoms with Gasteiger partial charge in [-0.3, -0.25) is 9.59 Å². The summed E-state index contributed by atoms with van der Waals surface area (Å²) < 4.78 is 27.8. The molecule has 2 aliphatic rings. The third-order valence-corrected chi connectivity index (χ3v) is 5.93. The number of hydrogen-bond acceptors (Lipinski definition) is 6. The van der Waals surface area contributed by atoms with Crippen molar-refractivity contribution in [1.82, 2.24) is 14.5 Å². The number of aliphatic hydroxyl groups is 1. The average Bonchev–Trinajstić information content (AvgIpc) is 3.46. The van der Waals surface area contributed by atoms with E-state index in [9.17, 15) is 19.1 Å². The van der Waals surface area contributed by atoms with Gasteiger partial charge in [0, 0.05) is 36.6 Å². The topological polar surface area (TPSA) is 93.9 Å². The van der Waals surface area contributed by atoms with Crippen LogP contribution in [-0.4, -0.2) is 51.0 Å². The third-order valence-electron chi connectivity index (χ3n) is 5.93. The maximum absolute atomic E-state index is 14.9. The minimum absolute atomic E-state index is 0.142. The zero-order valence-electron chi connectivity index (χ0n) is 18.2. The summed E-state index contributed by atoms with van der Waals surface area (Å²) in [4.78, 5) is 31.4. The van der Waals surface area contributed by atoms with Crippen molar-refractivity contribution in [3.05, 3.63) is 83.7 Å². The molecule has 0 spiro atoms. The number of benzene rings is 2. The van der Waals surface area contributed by atoms with E-state index in [0.29, 0.717) is 37.7 Å². The number of aliphatic hydroxyl groups excluding tert-OH is 1. The summed E-state index contributed by atoms with van der Waals surface area (Å²) in [5.41, 5.74) is 0.264. The Kier molecular flexibility index (Phi) is 5.75. The largest absolute Gasteiger partial charge is 0.507 e. The van der Waals surface area contributed by atoms with Gasteiger partial charge >= 0.3 is 0 Å². The zero-order chi connectivity index (χ0) is 23.7. The molecule has 8 nitrogen and oxygen atoms in total. The van der Waals surface area contributed by atoms with Crippen LogP contribution in [0.2, 0.25) is 0 Å². The lowest BCUT2D eigenvalue weighted by Crippen LogP contribution is -2.31. The van der Waals surface area contributed by atoms with Crippen molar-refractivity contribution in [1.29, 1.82) is 0 Å². The molecule has 1 N–H and O–H groups in total. The Bertz CT molecular complexity index is 1270. The SMILES string of the molecule is O=C1C(=O)N(CCCn2ccnc2)[C@@H](c2ccccc2F)C1=C(O)c1ccc2c(c1)OCCO2. The number of fused-ring (bicyclic) bond motifs is 1. The van der Waals surface area contributed by atoms with Crippen molar-refractivity contribution in [2.75, 3.05) is 19.8 Å². The molecular formula is C25H22FN3O5. The molecular weight excluding hydrogens is 441 g/mol. The Morgan fingerprint density at radius 2 is 1.88 bits per heavy atom. The second-order valence-electron chi connectivity index (χ2n) is 8.03. The van der Waals surface area contributed by atoms with Crippen molar-refractivity contribution >= 4 is 17.4 Å². The summed E-state index contributed by atoms with van der Waals surface area (Å²) in [6.45, 7) is 1.53. The number of Topliss-reactive ketones (excluding diaryl/α,β-unsaturated/α-hetero) is 1. The van der Waals surface area contributed by atoms with Gasteiger partial charge in [-0.2, -0.15) is 0 Å². The first kappa shape index (κ1) is 21.7. The number of halogens is 1. The summed E-state index contributed by atoms with van der Waals surface area (Å²) in [5.74, 6) is -1.65. The molecule has 1 amide bonds. The number of rotatable bonds is 6. The van der Waals surface area contributed by atoms with Crippen LogP contribution >= 0.6 is 0 Å². The van der Waals surface area contributed by atoms with Gasteiger partial charge in [0.25, 0.3) is 11.7 Å². The lowest BCUT2D eigenvalue weighted by molar-refractivity contribution is -0.140. The molecule has 2 aliphatic heterocycles. The Morgan fingerprint density at radius 1 is 1.09 bits per heavy atom. The molecule has 34 heavy (non-hydrogen) atoms. The Morgan fingerprint density at radius 3 is 2.65 bits per heavy atom. The highest BCUT2D eigenvalue weighted by atomic mass is 19.1. The first-order chi connectivity index (χ1) is 16.5. The lowest BCUT2D eigenvalue weighted by Gasteiger charge is -2.26. The van der Waals surface area contributed by atoms with Crippen LogP contribution < -0.4 is 9.47 Å². The van der Waals surface area contributed by atoms with Gasteiger partial charge in [-0.25, -0.2) is 9.37 Å². The van der Waals surface area contributed by atoms with E-state index in [4.69, 9.17) is 9.47 Å². The standard InChI is InChI=1S/C25H22FN3O5/c26-18-5-2-1-4-17(18)22-21(23(30)16-6-7-19-20(14-16)34-13-12-33-19)24(31)25(32)29(22)10-3-9-28-11-8-27-15-28/h1-2,4-8,11,14-15,22,30H,3,9-10,12-13H2/t22-/m0/s1. The molecule has 1 saturated heterocycles. The van der Waals surface area contributed by atoms with Gasteiger partial charge in [0.2, 0.25) is 0 Å². The van der Waals surface area contributed by atoms with E-state index in [0.717, 1.165) is 0 Å². The molecule has 0 aliphatic carbocycles. The van der Waals surface area contributed by atoms with E-state index in [1.807, 2.05) is 4.57 Å². The second kappa shape index (κ2) is 9.01. The van der Waals surface area contributed by atoms with Crippen LogP contribution in [0.3, 0.4) is 0 Å². The number of aromatic nitrogens is 2. The first-order valence-electron chi connectivity index (χ1n) is 10.9. The van der Waals surface area contributed by atoms with Gasteiger partial charge < -0.3 is 24.0 Å². The molecule has 5 rings (SSSR count). The Balaban J connectivity index is 1.55. The van der Waals surface area contributed by atoms with Crippen LogP contribution in [0.1, 0.15) is 23.6 Å². The van der Waals surface area contributed by atoms with Crippen LogP contribution in [0.4, 0.5) is 4.39 Å². The number of nitrogens with zero attached hydrogens (tertiary/aromatic N) is 3. The number of aryl methyl sites for hydroxylation is 1. The number of ether oxygens (including phenoxy) is 2. The zero-order valence-corrected chi connectivity index (χ0v) is 18.2. The maximum atomic E-state index is 14.9. The summed E-state index contributed by atoms with van der Waals surface area (Å²) in [5, 5.41) is 11.2. The number of hydrogen-bond donors (Lipinski definition) is 1. The van der Waals surface area contributed by atoms with E-state index in [1.54, 1.807) is 43.0 Å². The van der Waals surface area contributed by atoms with Crippen LogP contribution in [0.15, 0.2) is 66.8 Å². The maximum Gasteiger partial charge on any atom is 0.295 e. The van der Waals surface area contributed by atoms with E-state index in [-0.39, 0.29) is 29.0 Å². The fourth-order valence-corrected chi connectivity index (χ4v) is 4.32. The fourth-order valence-electron chi connectivity index (χ4n) is 4.32. The van der Waals surface area contributed by atoms with Crippen LogP contribution in [0.25, 0.3) is 5.76 Å². The quantitative estimate of drug-likeness (QED) is 0.343. The minimum atomic E-state index is -1.06. The molecule has 0 bridgehead atoms. The van der Waals surface area contributed by atoms with Crippen LogP contribution in [0, 0.1) is 5.82 Å². The van der Waals surface area contributed by atoms with Gasteiger partial charge in [-0.05, 0) is 30.7 Å². The number of ketones is 1. The normalized spacial score (nSPS) is 19.0. The highest BCUT2D eigenvalue weighted by molar-refractivity contribution is 6.46. The summed E-state index contributed by atoms with van der Waals surface area (Å²) >= 11 is 0. The monoisotopic (exact) mass is 463 g/mol. The predicted octanol–water partition coefficient (Wildman–Crippen LogP) is 3.31. The highest BCUT2D eigenvalue weighted by Gasteiger charge is 2.46. The van der Waals surface area contributed by atoms with Gasteiger partial charge in [-0.15, -0.1) is 0 Å². The van der Waals surface area contributed by atoms with E-state index in [2.05, 4.69) is 4.98 Å². The summed E-state index contributed by atoms with van der Waals surface area (Å²) in [6, 6.07) is 9.65. The van der Waals surface area contributed by atoms with Gasteiger partial charge in [0.15, 0.2) is 11.5 Å². The predicted molar refractivity (Wildman–Crippen MR) is 120 cm³/mol. The molecule has 9 heteroatoms. The number of amides is 1. The lowest BCUT2D eigenvalue weighted by atomic mass is 9.94. The van der Waals surface area contributed by atoms with Crippen molar-refractivity contribution in [3.63, 3.8) is 0 Å². The molecule has 174 valence electrons. The van der Waals surface area contributed by atoms with Crippen LogP contribution in [-0.2, 0) is 16.1 Å². The molecule has 1 fully saturated rings. The first-order valence-corrected chi connectivity index (χ1v) is 10.9. The van der Waals surface area contributed by atoms with Crippen molar-refractivity contribution in [2.24, 2.45) is 0 Å². The third kappa shape index (κ3) is 3.89. The smallest absolute Gasteiger partial charge is 0.295 e. The minimum Gasteiger partial charge on any atom is -0.507 e. The van der Waals surface area contributed by atoms with Crippen LogP contribution in [0.5, 0.6) is 11.5 Å². The number of imidazole rings is 1. The molecule has 0 radical (unpaired) electrons. The Labute approximate surface area is 194 Å². The average molecular weight is 463 g/mol. The van der Waals surface area contributed by atoms with Gasteiger partial charge in [0.05, 0.1) is 17.9 Å². The summed E-state index contributed by atoms with van der Waals surface area (Å²) in [7, 11) is 0. The molecule has 0 unspecified atom stereocenters. The van der Waals surface area contributed by atoms with E-state index in [1.165, 1.54) is 23.1 Å². The molecule has 1 atom stereocenters.